The summed E-state index contributed by atoms with van der Waals surface area (Å²) in [6.45, 7) is 10.4. The first-order chi connectivity index (χ1) is 19.3. The van der Waals surface area contributed by atoms with E-state index in [1.54, 1.807) is 11.1 Å². The molecule has 0 aromatic heterocycles. The largest absolute Gasteiger partial charge is 0.103 e. The van der Waals surface area contributed by atoms with E-state index in [-0.39, 0.29) is 0 Å². The molecule has 0 N–H and O–H groups in total. The Kier molecular flexibility index (Phi) is 14.2. The molecule has 0 bridgehead atoms. The van der Waals surface area contributed by atoms with Gasteiger partial charge in [0.15, 0.2) is 0 Å². The van der Waals surface area contributed by atoms with Gasteiger partial charge >= 0.3 is 0 Å². The van der Waals surface area contributed by atoms with Crippen molar-refractivity contribution in [1.29, 1.82) is 0 Å². The second-order valence-electron chi connectivity index (χ2n) is 10.9. The zero-order valence-electron chi connectivity index (χ0n) is 24.4. The zero-order valence-corrected chi connectivity index (χ0v) is 24.4. The number of rotatable bonds is 19. The zero-order chi connectivity index (χ0) is 27.5. The minimum Gasteiger partial charge on any atom is -0.103 e. The van der Waals surface area contributed by atoms with Gasteiger partial charge in [-0.2, -0.15) is 0 Å². The molecule has 3 aromatic rings. The van der Waals surface area contributed by atoms with Crippen molar-refractivity contribution in [3.63, 3.8) is 0 Å². The van der Waals surface area contributed by atoms with E-state index in [9.17, 15) is 0 Å². The number of hydrogen-bond donors (Lipinski definition) is 0. The van der Waals surface area contributed by atoms with Gasteiger partial charge in [0.25, 0.3) is 0 Å². The highest BCUT2D eigenvalue weighted by atomic mass is 14.2. The van der Waals surface area contributed by atoms with Gasteiger partial charge in [-0.25, -0.2) is 0 Å². The molecule has 0 heteroatoms. The van der Waals surface area contributed by atoms with E-state index < -0.39 is 0 Å². The molecule has 0 amide bonds. The van der Waals surface area contributed by atoms with Gasteiger partial charge in [0, 0.05) is 0 Å². The van der Waals surface area contributed by atoms with Crippen molar-refractivity contribution in [1.82, 2.24) is 0 Å². The molecule has 0 aliphatic carbocycles. The Balaban J connectivity index is 1.86. The highest BCUT2D eigenvalue weighted by Crippen LogP contribution is 2.36. The molecule has 3 rings (SSSR count). The van der Waals surface area contributed by atoms with Crippen molar-refractivity contribution < 1.29 is 0 Å². The van der Waals surface area contributed by atoms with Crippen LogP contribution >= 0.6 is 0 Å². The van der Waals surface area contributed by atoms with Crippen LogP contribution in [0, 0.1) is 0 Å². The first kappa shape index (κ1) is 30.4. The van der Waals surface area contributed by atoms with Crippen LogP contribution in [0.15, 0.2) is 122 Å². The van der Waals surface area contributed by atoms with Crippen LogP contribution in [0.25, 0.3) is 5.57 Å². The van der Waals surface area contributed by atoms with Crippen molar-refractivity contribution in [2.24, 2.45) is 0 Å². The Morgan fingerprint density at radius 1 is 0.615 bits per heavy atom. The second-order valence-corrected chi connectivity index (χ2v) is 10.9. The molecular weight excluding hydrogens is 468 g/mol. The smallest absolute Gasteiger partial charge is 0.0127 e. The van der Waals surface area contributed by atoms with Gasteiger partial charge in [0.1, 0.15) is 0 Å². The van der Waals surface area contributed by atoms with Crippen molar-refractivity contribution in [3.05, 3.63) is 139 Å². The van der Waals surface area contributed by atoms with E-state index in [1.165, 1.54) is 80.9 Å². The summed E-state index contributed by atoms with van der Waals surface area (Å²) in [6.07, 6.45) is 18.4. The average Bonchev–Trinajstić information content (AvgIpc) is 2.99. The predicted molar refractivity (Wildman–Crippen MR) is 173 cm³/mol. The van der Waals surface area contributed by atoms with Crippen LogP contribution in [-0.2, 0) is 0 Å². The molecule has 0 saturated heterocycles. The lowest BCUT2D eigenvalue weighted by molar-refractivity contribution is 0.556. The molecule has 2 unspecified atom stereocenters. The molecule has 0 nitrogen and oxygen atoms in total. The van der Waals surface area contributed by atoms with Crippen LogP contribution in [0.1, 0.15) is 112 Å². The van der Waals surface area contributed by atoms with Crippen LogP contribution < -0.4 is 0 Å². The molecule has 0 heterocycles. The van der Waals surface area contributed by atoms with Crippen LogP contribution in [0.2, 0.25) is 0 Å². The minimum absolute atomic E-state index is 0.551. The molecule has 0 aliphatic rings. The van der Waals surface area contributed by atoms with E-state index in [2.05, 4.69) is 123 Å². The van der Waals surface area contributed by atoms with Crippen molar-refractivity contribution in [2.45, 2.75) is 95.8 Å². The molecule has 0 saturated carbocycles. The van der Waals surface area contributed by atoms with E-state index in [0.717, 1.165) is 12.8 Å². The Hall–Kier alpha value is -3.12. The summed E-state index contributed by atoms with van der Waals surface area (Å²) >= 11 is 0. The van der Waals surface area contributed by atoms with E-state index >= 15 is 0 Å². The van der Waals surface area contributed by atoms with Gasteiger partial charge in [-0.15, -0.1) is 13.2 Å². The molecule has 39 heavy (non-hydrogen) atoms. The number of unbranched alkanes of at least 4 members (excludes halogenated alkanes) is 2. The lowest BCUT2D eigenvalue weighted by Crippen LogP contribution is -2.03. The minimum atomic E-state index is 0.551. The first-order valence-corrected chi connectivity index (χ1v) is 15.3. The first-order valence-electron chi connectivity index (χ1n) is 15.3. The highest BCUT2D eigenvalue weighted by Gasteiger charge is 2.16. The summed E-state index contributed by atoms with van der Waals surface area (Å²) < 4.78 is 0. The van der Waals surface area contributed by atoms with Gasteiger partial charge in [-0.1, -0.05) is 128 Å². The maximum Gasteiger partial charge on any atom is -0.0127 e. The fourth-order valence-corrected chi connectivity index (χ4v) is 5.92. The van der Waals surface area contributed by atoms with Gasteiger partial charge < -0.3 is 0 Å². The van der Waals surface area contributed by atoms with Crippen molar-refractivity contribution >= 4 is 5.57 Å². The summed E-state index contributed by atoms with van der Waals surface area (Å²) in [5.74, 6) is 1.12. The maximum absolute atomic E-state index is 4.06. The third kappa shape index (κ3) is 10.5. The van der Waals surface area contributed by atoms with Crippen LogP contribution in [0.4, 0.5) is 0 Å². The molecule has 0 aliphatic heterocycles. The van der Waals surface area contributed by atoms with E-state index in [0.29, 0.717) is 11.8 Å². The van der Waals surface area contributed by atoms with Crippen molar-refractivity contribution in [2.75, 3.05) is 0 Å². The number of allylic oxidation sites excluding steroid dienone is 4. The van der Waals surface area contributed by atoms with Crippen molar-refractivity contribution in [3.8, 4) is 0 Å². The van der Waals surface area contributed by atoms with Gasteiger partial charge in [0.05, 0.1) is 0 Å². The van der Waals surface area contributed by atoms with Crippen LogP contribution in [-0.4, -0.2) is 0 Å². The molecule has 3 aromatic carbocycles. The lowest BCUT2D eigenvalue weighted by Gasteiger charge is -2.22. The molecule has 0 fully saturated rings. The monoisotopic (exact) mass is 518 g/mol. The lowest BCUT2D eigenvalue weighted by atomic mass is 9.83. The number of hydrogen-bond acceptors (Lipinski definition) is 0. The van der Waals surface area contributed by atoms with E-state index in [1.807, 2.05) is 0 Å². The average molecular weight is 519 g/mol. The fourth-order valence-electron chi connectivity index (χ4n) is 5.92. The summed E-state index contributed by atoms with van der Waals surface area (Å²) in [7, 11) is 0. The Bertz CT molecular complexity index is 1090. The van der Waals surface area contributed by atoms with Crippen LogP contribution in [0.5, 0.6) is 0 Å². The Labute approximate surface area is 239 Å². The molecule has 2 atom stereocenters. The van der Waals surface area contributed by atoms with Gasteiger partial charge in [0.2, 0.25) is 0 Å². The van der Waals surface area contributed by atoms with Gasteiger partial charge in [-0.05, 0) is 98.3 Å². The molecule has 0 spiro atoms. The molecule has 206 valence electrons. The fraction of sp³-hybridized carbons (Fsp3) is 0.385. The normalized spacial score (nSPS) is 13.4. The predicted octanol–water partition coefficient (Wildman–Crippen LogP) is 12.1. The Morgan fingerprint density at radius 2 is 1.23 bits per heavy atom. The highest BCUT2D eigenvalue weighted by molar-refractivity contribution is 5.68. The Morgan fingerprint density at radius 3 is 1.82 bits per heavy atom. The van der Waals surface area contributed by atoms with Crippen LogP contribution in [0.3, 0.4) is 0 Å². The quantitative estimate of drug-likeness (QED) is 0.109. The molecule has 0 radical (unpaired) electrons. The SMILES string of the molecule is C=CCCC(CCC(CCCC(CC=C)c1ccccc1)=C(CCCCC)c1ccccc1)c1ccccc1. The topological polar surface area (TPSA) is 0 Å². The second kappa shape index (κ2) is 18.2. The number of benzene rings is 3. The third-order valence-electron chi connectivity index (χ3n) is 8.12. The standard InChI is InChI=1S/C39H50/c1-4-7-12-30-39(37-26-17-11-18-27-37)38(29-19-28-33(20-6-3)34-22-13-9-14-23-34)32-31-36(21-8-5-2)35-24-15-10-16-25-35/h5-6,9-11,13-18,22-27,33,36H,2-4,7-8,12,19-21,28-32H2,1H3. The van der Waals surface area contributed by atoms with E-state index in [4.69, 9.17) is 0 Å². The summed E-state index contributed by atoms with van der Waals surface area (Å²) in [4.78, 5) is 0. The maximum atomic E-state index is 4.06. The summed E-state index contributed by atoms with van der Waals surface area (Å²) in [5.41, 5.74) is 7.64. The summed E-state index contributed by atoms with van der Waals surface area (Å²) in [5, 5.41) is 0. The molecular formula is C39H50. The third-order valence-corrected chi connectivity index (χ3v) is 8.12. The summed E-state index contributed by atoms with van der Waals surface area (Å²) in [6, 6.07) is 33.4. The van der Waals surface area contributed by atoms with Gasteiger partial charge in [-0.3, -0.25) is 0 Å².